The van der Waals surface area contributed by atoms with Crippen molar-refractivity contribution in [3.63, 3.8) is 0 Å². The second kappa shape index (κ2) is 8.18. The Morgan fingerprint density at radius 2 is 1.96 bits per heavy atom. The standard InChI is InChI=1S/C20H18N2O5/c1-13-9-17(27-22-13)12-26-19-10-14(3-8-18(19)25-2)11-21-16-6-4-15(5-7-16)20(23)24/h3-11H,12H2,1-2H3,(H,23,24). The monoisotopic (exact) mass is 366 g/mol. The molecule has 7 nitrogen and oxygen atoms in total. The summed E-state index contributed by atoms with van der Waals surface area (Å²) in [6, 6.07) is 13.6. The number of benzene rings is 2. The summed E-state index contributed by atoms with van der Waals surface area (Å²) in [6.45, 7) is 2.07. The third-order valence-corrected chi connectivity index (χ3v) is 3.71. The Hall–Kier alpha value is -3.61. The number of rotatable bonds is 7. The van der Waals surface area contributed by atoms with E-state index in [-0.39, 0.29) is 12.2 Å². The number of nitrogens with zero attached hydrogens (tertiary/aromatic N) is 2. The lowest BCUT2D eigenvalue weighted by atomic mass is 10.2. The van der Waals surface area contributed by atoms with Crippen molar-refractivity contribution >= 4 is 17.9 Å². The van der Waals surface area contributed by atoms with Gasteiger partial charge < -0.3 is 19.1 Å². The van der Waals surface area contributed by atoms with Gasteiger partial charge in [0.05, 0.1) is 24.1 Å². The van der Waals surface area contributed by atoms with Crippen molar-refractivity contribution in [2.75, 3.05) is 7.11 Å². The quantitative estimate of drug-likeness (QED) is 0.635. The van der Waals surface area contributed by atoms with E-state index in [1.165, 1.54) is 12.1 Å². The molecule has 138 valence electrons. The minimum atomic E-state index is -0.968. The number of aromatic nitrogens is 1. The average molecular weight is 366 g/mol. The van der Waals surface area contributed by atoms with Gasteiger partial charge in [0.25, 0.3) is 0 Å². The zero-order valence-electron chi connectivity index (χ0n) is 14.9. The van der Waals surface area contributed by atoms with Crippen LogP contribution >= 0.6 is 0 Å². The number of hydrogen-bond donors (Lipinski definition) is 1. The van der Waals surface area contributed by atoms with Crippen LogP contribution in [0.1, 0.15) is 27.4 Å². The van der Waals surface area contributed by atoms with E-state index < -0.39 is 5.97 Å². The Kier molecular flexibility index (Phi) is 5.51. The maximum absolute atomic E-state index is 10.9. The zero-order valence-corrected chi connectivity index (χ0v) is 14.9. The Labute approximate surface area is 155 Å². The van der Waals surface area contributed by atoms with Crippen LogP contribution in [-0.2, 0) is 6.61 Å². The minimum Gasteiger partial charge on any atom is -0.493 e. The molecule has 2 aromatic carbocycles. The lowest BCUT2D eigenvalue weighted by molar-refractivity contribution is 0.0697. The highest BCUT2D eigenvalue weighted by Gasteiger charge is 2.08. The molecule has 3 aromatic rings. The van der Waals surface area contributed by atoms with E-state index >= 15 is 0 Å². The first-order valence-electron chi connectivity index (χ1n) is 8.15. The van der Waals surface area contributed by atoms with Crippen molar-refractivity contribution in [3.8, 4) is 11.5 Å². The smallest absolute Gasteiger partial charge is 0.335 e. The van der Waals surface area contributed by atoms with E-state index in [2.05, 4.69) is 10.1 Å². The van der Waals surface area contributed by atoms with Gasteiger partial charge in [-0.2, -0.15) is 0 Å². The summed E-state index contributed by atoms with van der Waals surface area (Å²) < 4.78 is 16.2. The highest BCUT2D eigenvalue weighted by Crippen LogP contribution is 2.28. The van der Waals surface area contributed by atoms with Crippen LogP contribution in [0.5, 0.6) is 11.5 Å². The summed E-state index contributed by atoms with van der Waals surface area (Å²) in [6.07, 6.45) is 1.67. The van der Waals surface area contributed by atoms with E-state index in [4.69, 9.17) is 19.1 Å². The second-order valence-corrected chi connectivity index (χ2v) is 5.74. The highest BCUT2D eigenvalue weighted by atomic mass is 16.5. The van der Waals surface area contributed by atoms with E-state index in [9.17, 15) is 4.79 Å². The lowest BCUT2D eigenvalue weighted by Gasteiger charge is -2.10. The van der Waals surface area contributed by atoms with Crippen LogP contribution in [0.4, 0.5) is 5.69 Å². The van der Waals surface area contributed by atoms with Crippen LogP contribution in [0.15, 0.2) is 58.0 Å². The predicted octanol–water partition coefficient (Wildman–Crippen LogP) is 4.02. The Balaban J connectivity index is 1.74. The molecule has 0 aliphatic rings. The SMILES string of the molecule is COc1ccc(C=Nc2ccc(C(=O)O)cc2)cc1OCc1cc(C)no1. The molecule has 1 aromatic heterocycles. The molecule has 0 radical (unpaired) electrons. The highest BCUT2D eigenvalue weighted by molar-refractivity contribution is 5.88. The molecule has 0 bridgehead atoms. The second-order valence-electron chi connectivity index (χ2n) is 5.74. The van der Waals surface area contributed by atoms with Crippen molar-refractivity contribution in [2.45, 2.75) is 13.5 Å². The summed E-state index contributed by atoms with van der Waals surface area (Å²) in [5.41, 5.74) is 2.46. The molecule has 7 heteroatoms. The van der Waals surface area contributed by atoms with Crippen LogP contribution in [0, 0.1) is 6.92 Å². The number of aryl methyl sites for hydroxylation is 1. The molecule has 0 aliphatic heterocycles. The van der Waals surface area contributed by atoms with Gasteiger partial charge in [-0.3, -0.25) is 4.99 Å². The molecule has 0 unspecified atom stereocenters. The van der Waals surface area contributed by atoms with E-state index in [0.29, 0.717) is 22.9 Å². The van der Waals surface area contributed by atoms with Crippen molar-refractivity contribution < 1.29 is 23.9 Å². The van der Waals surface area contributed by atoms with Crippen molar-refractivity contribution in [1.29, 1.82) is 0 Å². The van der Waals surface area contributed by atoms with Gasteiger partial charge in [0.15, 0.2) is 17.3 Å². The molecule has 0 spiro atoms. The average Bonchev–Trinajstić information content (AvgIpc) is 3.10. The third kappa shape index (κ3) is 4.72. The van der Waals surface area contributed by atoms with Gasteiger partial charge in [0.2, 0.25) is 0 Å². The Morgan fingerprint density at radius 3 is 2.59 bits per heavy atom. The number of carboxylic acids is 1. The number of carbonyl (C=O) groups is 1. The van der Waals surface area contributed by atoms with Gasteiger partial charge in [0.1, 0.15) is 6.61 Å². The number of aromatic carboxylic acids is 1. The van der Waals surface area contributed by atoms with Crippen LogP contribution in [-0.4, -0.2) is 29.6 Å². The number of ether oxygens (including phenoxy) is 2. The predicted molar refractivity (Wildman–Crippen MR) is 99.2 cm³/mol. The van der Waals surface area contributed by atoms with Gasteiger partial charge >= 0.3 is 5.97 Å². The van der Waals surface area contributed by atoms with Gasteiger partial charge in [-0.1, -0.05) is 5.16 Å². The molecule has 0 fully saturated rings. The van der Waals surface area contributed by atoms with Crippen molar-refractivity contribution in [2.24, 2.45) is 4.99 Å². The van der Waals surface area contributed by atoms with Crippen molar-refractivity contribution in [3.05, 3.63) is 71.1 Å². The number of aliphatic imine (C=N–C) groups is 1. The largest absolute Gasteiger partial charge is 0.493 e. The van der Waals surface area contributed by atoms with Gasteiger partial charge in [-0.15, -0.1) is 0 Å². The van der Waals surface area contributed by atoms with Gasteiger partial charge in [0, 0.05) is 12.3 Å². The normalized spacial score (nSPS) is 10.9. The molecular formula is C20H18N2O5. The number of hydrogen-bond acceptors (Lipinski definition) is 6. The topological polar surface area (TPSA) is 94.2 Å². The molecule has 0 amide bonds. The summed E-state index contributed by atoms with van der Waals surface area (Å²) in [5, 5.41) is 12.7. The molecule has 0 atom stereocenters. The van der Waals surface area contributed by atoms with Crippen LogP contribution in [0.3, 0.4) is 0 Å². The van der Waals surface area contributed by atoms with Crippen LogP contribution < -0.4 is 9.47 Å². The molecule has 27 heavy (non-hydrogen) atoms. The first-order chi connectivity index (χ1) is 13.0. The fourth-order valence-corrected chi connectivity index (χ4v) is 2.36. The summed E-state index contributed by atoms with van der Waals surface area (Å²) >= 11 is 0. The molecule has 1 N–H and O–H groups in total. The number of methoxy groups -OCH3 is 1. The van der Waals surface area contributed by atoms with E-state index in [0.717, 1.165) is 11.3 Å². The van der Waals surface area contributed by atoms with Crippen LogP contribution in [0.25, 0.3) is 0 Å². The van der Waals surface area contributed by atoms with E-state index in [1.807, 2.05) is 13.0 Å². The molecule has 0 saturated heterocycles. The lowest BCUT2D eigenvalue weighted by Crippen LogP contribution is -1.97. The zero-order chi connectivity index (χ0) is 19.2. The number of carboxylic acid groups (broad SMARTS) is 1. The fourth-order valence-electron chi connectivity index (χ4n) is 2.36. The Bertz CT molecular complexity index is 961. The van der Waals surface area contributed by atoms with Gasteiger partial charge in [-0.05, 0) is 55.0 Å². The maximum atomic E-state index is 10.9. The van der Waals surface area contributed by atoms with E-state index in [1.54, 1.807) is 43.7 Å². The first-order valence-corrected chi connectivity index (χ1v) is 8.15. The first kappa shape index (κ1) is 18.2. The fraction of sp³-hybridized carbons (Fsp3) is 0.150. The third-order valence-electron chi connectivity index (χ3n) is 3.71. The molecule has 1 heterocycles. The van der Waals surface area contributed by atoms with Gasteiger partial charge in [-0.25, -0.2) is 4.79 Å². The summed E-state index contributed by atoms with van der Waals surface area (Å²) in [7, 11) is 1.57. The summed E-state index contributed by atoms with van der Waals surface area (Å²) in [5.74, 6) is 0.794. The molecule has 0 aliphatic carbocycles. The van der Waals surface area contributed by atoms with Crippen molar-refractivity contribution in [1.82, 2.24) is 5.16 Å². The summed E-state index contributed by atoms with van der Waals surface area (Å²) in [4.78, 5) is 15.2. The Morgan fingerprint density at radius 1 is 1.19 bits per heavy atom. The maximum Gasteiger partial charge on any atom is 0.335 e. The van der Waals surface area contributed by atoms with Crippen LogP contribution in [0.2, 0.25) is 0 Å². The minimum absolute atomic E-state index is 0.219. The molecule has 0 saturated carbocycles. The molecule has 3 rings (SSSR count). The molecular weight excluding hydrogens is 348 g/mol.